The maximum absolute atomic E-state index is 11.8. The van der Waals surface area contributed by atoms with Gasteiger partial charge in [0, 0.05) is 12.1 Å². The van der Waals surface area contributed by atoms with E-state index in [4.69, 9.17) is 4.74 Å². The molecule has 0 radical (unpaired) electrons. The molecule has 1 amide bonds. The summed E-state index contributed by atoms with van der Waals surface area (Å²) in [6, 6.07) is 18.7. The largest absolute Gasteiger partial charge is 0.454 e. The van der Waals surface area contributed by atoms with E-state index < -0.39 is 5.97 Å². The first kappa shape index (κ1) is 17.3. The average Bonchev–Trinajstić information content (AvgIpc) is 3.15. The summed E-state index contributed by atoms with van der Waals surface area (Å²) in [6.45, 7) is -0.194. The highest BCUT2D eigenvalue weighted by Crippen LogP contribution is 2.11. The van der Waals surface area contributed by atoms with Crippen LogP contribution in [0, 0.1) is 0 Å². The Morgan fingerprint density at radius 1 is 1.00 bits per heavy atom. The summed E-state index contributed by atoms with van der Waals surface area (Å²) in [6.07, 6.45) is 0. The Morgan fingerprint density at radius 2 is 1.69 bits per heavy atom. The van der Waals surface area contributed by atoms with Gasteiger partial charge >= 0.3 is 5.97 Å². The lowest BCUT2D eigenvalue weighted by molar-refractivity contribution is -0.149. The molecule has 1 aromatic heterocycles. The minimum absolute atomic E-state index is 0.216. The molecule has 0 saturated carbocycles. The molecule has 0 unspecified atom stereocenters. The molecule has 1 N–H and O–H groups in total. The van der Waals surface area contributed by atoms with Gasteiger partial charge in [-0.2, -0.15) is 4.80 Å². The second-order valence-corrected chi connectivity index (χ2v) is 5.43. The molecule has 3 aromatic rings. The lowest BCUT2D eigenvalue weighted by atomic mass is 10.2. The lowest BCUT2D eigenvalue weighted by Crippen LogP contribution is -2.29. The Hall–Kier alpha value is -3.55. The third-order valence-electron chi connectivity index (χ3n) is 3.45. The van der Waals surface area contributed by atoms with Crippen LogP contribution in [0.4, 0.5) is 0 Å². The monoisotopic (exact) mass is 351 g/mol. The number of benzene rings is 2. The number of carbonyl (C=O) groups is 2. The molecular weight excluding hydrogens is 334 g/mol. The molecule has 0 spiro atoms. The number of aromatic nitrogens is 4. The summed E-state index contributed by atoms with van der Waals surface area (Å²) in [7, 11) is 0. The van der Waals surface area contributed by atoms with Crippen LogP contribution < -0.4 is 5.32 Å². The van der Waals surface area contributed by atoms with Crippen molar-refractivity contribution in [2.24, 2.45) is 0 Å². The topological polar surface area (TPSA) is 99.0 Å². The van der Waals surface area contributed by atoms with Crippen LogP contribution in [-0.2, 0) is 27.4 Å². The highest BCUT2D eigenvalue weighted by molar-refractivity contribution is 5.80. The number of nitrogens with zero attached hydrogens (tertiary/aromatic N) is 4. The number of tetrazole rings is 1. The van der Waals surface area contributed by atoms with Crippen LogP contribution in [0.2, 0.25) is 0 Å². The molecule has 8 nitrogen and oxygen atoms in total. The number of amides is 1. The van der Waals surface area contributed by atoms with Gasteiger partial charge in [-0.1, -0.05) is 60.7 Å². The van der Waals surface area contributed by atoms with Gasteiger partial charge < -0.3 is 10.1 Å². The number of ether oxygens (including phenoxy) is 1. The zero-order valence-corrected chi connectivity index (χ0v) is 13.9. The standard InChI is InChI=1S/C18H17N5O3/c24-16(19-11-14-7-3-1-4-8-14)13-26-17(25)12-23-21-18(20-22-23)15-9-5-2-6-10-15/h1-10H,11-13H2,(H,19,24). The summed E-state index contributed by atoms with van der Waals surface area (Å²) in [5.41, 5.74) is 1.76. The van der Waals surface area contributed by atoms with Gasteiger partial charge in [0.25, 0.3) is 5.91 Å². The Morgan fingerprint density at radius 3 is 2.42 bits per heavy atom. The number of rotatable bonds is 7. The fourth-order valence-corrected chi connectivity index (χ4v) is 2.17. The predicted octanol–water partition coefficient (Wildman–Crippen LogP) is 1.20. The molecule has 0 bridgehead atoms. The number of hydrogen-bond acceptors (Lipinski definition) is 6. The number of nitrogens with one attached hydrogen (secondary N) is 1. The number of esters is 1. The van der Waals surface area contributed by atoms with E-state index in [0.29, 0.717) is 12.4 Å². The molecule has 0 aliphatic carbocycles. The first-order valence-electron chi connectivity index (χ1n) is 8.00. The summed E-state index contributed by atoms with van der Waals surface area (Å²) in [5.74, 6) is -0.574. The Kier molecular flexibility index (Phi) is 5.66. The van der Waals surface area contributed by atoms with Crippen molar-refractivity contribution >= 4 is 11.9 Å². The normalized spacial score (nSPS) is 10.3. The van der Waals surface area contributed by atoms with Gasteiger partial charge in [-0.25, -0.2) is 4.79 Å². The summed E-state index contributed by atoms with van der Waals surface area (Å²) in [4.78, 5) is 24.7. The van der Waals surface area contributed by atoms with Crippen LogP contribution >= 0.6 is 0 Å². The van der Waals surface area contributed by atoms with E-state index in [0.717, 1.165) is 15.9 Å². The van der Waals surface area contributed by atoms with Gasteiger partial charge in [0.1, 0.15) is 0 Å². The van der Waals surface area contributed by atoms with Crippen LogP contribution in [0.15, 0.2) is 60.7 Å². The maximum atomic E-state index is 11.8. The molecule has 132 valence electrons. The molecule has 0 aliphatic rings. The van der Waals surface area contributed by atoms with Crippen LogP contribution in [-0.4, -0.2) is 38.7 Å². The number of hydrogen-bond donors (Lipinski definition) is 1. The van der Waals surface area contributed by atoms with E-state index >= 15 is 0 Å². The fourth-order valence-electron chi connectivity index (χ4n) is 2.17. The predicted molar refractivity (Wildman–Crippen MR) is 92.5 cm³/mol. The zero-order valence-electron chi connectivity index (χ0n) is 13.9. The molecule has 8 heteroatoms. The van der Waals surface area contributed by atoms with Crippen molar-refractivity contribution in [3.63, 3.8) is 0 Å². The van der Waals surface area contributed by atoms with Crippen molar-refractivity contribution in [1.29, 1.82) is 0 Å². The first-order valence-corrected chi connectivity index (χ1v) is 8.00. The summed E-state index contributed by atoms with van der Waals surface area (Å²) >= 11 is 0. The number of carbonyl (C=O) groups excluding carboxylic acids is 2. The first-order chi connectivity index (χ1) is 12.7. The Bertz CT molecular complexity index is 865. The molecule has 0 atom stereocenters. The van der Waals surface area contributed by atoms with Crippen molar-refractivity contribution in [2.75, 3.05) is 6.61 Å². The van der Waals surface area contributed by atoms with Crippen LogP contribution in [0.3, 0.4) is 0 Å². The highest BCUT2D eigenvalue weighted by Gasteiger charge is 2.11. The van der Waals surface area contributed by atoms with Gasteiger partial charge in [-0.05, 0) is 10.8 Å². The summed E-state index contributed by atoms with van der Waals surface area (Å²) in [5, 5.41) is 14.5. The third kappa shape index (κ3) is 4.97. The quantitative estimate of drug-likeness (QED) is 0.642. The molecule has 2 aromatic carbocycles. The van der Waals surface area contributed by atoms with Gasteiger partial charge in [0.05, 0.1) is 0 Å². The highest BCUT2D eigenvalue weighted by atomic mass is 16.5. The molecule has 0 aliphatic heterocycles. The molecule has 26 heavy (non-hydrogen) atoms. The Labute approximate surface area is 149 Å². The van der Waals surface area contributed by atoms with E-state index in [1.54, 1.807) is 0 Å². The SMILES string of the molecule is O=C(COC(=O)Cn1nnc(-c2ccccc2)n1)NCc1ccccc1. The maximum Gasteiger partial charge on any atom is 0.330 e. The summed E-state index contributed by atoms with van der Waals surface area (Å²) < 4.78 is 4.93. The molecule has 1 heterocycles. The van der Waals surface area contributed by atoms with Gasteiger partial charge in [0.2, 0.25) is 5.82 Å². The molecule has 3 rings (SSSR count). The smallest absolute Gasteiger partial charge is 0.330 e. The van der Waals surface area contributed by atoms with Crippen LogP contribution in [0.25, 0.3) is 11.4 Å². The molecule has 0 fully saturated rings. The van der Waals surface area contributed by atoms with E-state index in [-0.39, 0.29) is 19.1 Å². The van der Waals surface area contributed by atoms with E-state index in [1.807, 2.05) is 60.7 Å². The van der Waals surface area contributed by atoms with Crippen molar-refractivity contribution in [3.8, 4) is 11.4 Å². The minimum Gasteiger partial charge on any atom is -0.454 e. The second kappa shape index (κ2) is 8.52. The van der Waals surface area contributed by atoms with E-state index in [2.05, 4.69) is 20.7 Å². The third-order valence-corrected chi connectivity index (χ3v) is 3.45. The van der Waals surface area contributed by atoms with Crippen molar-refractivity contribution < 1.29 is 14.3 Å². The minimum atomic E-state index is -0.614. The van der Waals surface area contributed by atoms with Crippen LogP contribution in [0.5, 0.6) is 0 Å². The van der Waals surface area contributed by atoms with Crippen molar-refractivity contribution in [3.05, 3.63) is 66.2 Å². The molecular formula is C18H17N5O3. The van der Waals surface area contributed by atoms with Crippen molar-refractivity contribution in [1.82, 2.24) is 25.5 Å². The zero-order chi connectivity index (χ0) is 18.2. The fraction of sp³-hybridized carbons (Fsp3) is 0.167. The molecule has 0 saturated heterocycles. The Balaban J connectivity index is 1.43. The average molecular weight is 351 g/mol. The van der Waals surface area contributed by atoms with Crippen LogP contribution in [0.1, 0.15) is 5.56 Å². The lowest BCUT2D eigenvalue weighted by Gasteiger charge is -2.06. The van der Waals surface area contributed by atoms with Crippen molar-refractivity contribution in [2.45, 2.75) is 13.1 Å². The van der Waals surface area contributed by atoms with E-state index in [9.17, 15) is 9.59 Å². The second-order valence-electron chi connectivity index (χ2n) is 5.43. The van der Waals surface area contributed by atoms with Gasteiger partial charge in [-0.3, -0.25) is 4.79 Å². The van der Waals surface area contributed by atoms with Gasteiger partial charge in [-0.15, -0.1) is 10.2 Å². The van der Waals surface area contributed by atoms with E-state index in [1.165, 1.54) is 0 Å². The van der Waals surface area contributed by atoms with Gasteiger partial charge in [0.15, 0.2) is 13.2 Å².